The second-order valence-corrected chi connectivity index (χ2v) is 4.19. The highest BCUT2D eigenvalue weighted by Gasteiger charge is 2.25. The SMILES string of the molecule is O=C(c1c[nH]c2cc(F)ccc12)C1COCCO1. The highest BCUT2D eigenvalue weighted by atomic mass is 19.1. The van der Waals surface area contributed by atoms with Crippen LogP contribution in [0.15, 0.2) is 24.4 Å². The first-order chi connectivity index (χ1) is 8.75. The molecule has 0 radical (unpaired) electrons. The fourth-order valence-corrected chi connectivity index (χ4v) is 2.11. The van der Waals surface area contributed by atoms with E-state index in [1.54, 1.807) is 12.3 Å². The maximum absolute atomic E-state index is 13.1. The number of Topliss-reactive ketones (excluding diaryl/α,β-unsaturated/α-hetero) is 1. The van der Waals surface area contributed by atoms with Crippen LogP contribution in [0.25, 0.3) is 10.9 Å². The molecule has 0 aliphatic carbocycles. The van der Waals surface area contributed by atoms with Gasteiger partial charge in [0.1, 0.15) is 11.9 Å². The van der Waals surface area contributed by atoms with E-state index < -0.39 is 6.10 Å². The lowest BCUT2D eigenvalue weighted by atomic mass is 10.1. The van der Waals surface area contributed by atoms with Crippen molar-refractivity contribution in [3.05, 3.63) is 35.8 Å². The molecule has 1 N–H and O–H groups in total. The summed E-state index contributed by atoms with van der Waals surface area (Å²) < 4.78 is 23.6. The molecule has 5 heteroatoms. The molecule has 1 unspecified atom stereocenters. The second-order valence-electron chi connectivity index (χ2n) is 4.19. The third-order valence-corrected chi connectivity index (χ3v) is 3.02. The number of hydrogen-bond acceptors (Lipinski definition) is 3. The predicted molar refractivity (Wildman–Crippen MR) is 63.1 cm³/mol. The lowest BCUT2D eigenvalue weighted by Crippen LogP contribution is -2.35. The molecule has 1 saturated heterocycles. The minimum atomic E-state index is -0.567. The molecule has 1 aromatic carbocycles. The lowest BCUT2D eigenvalue weighted by molar-refractivity contribution is -0.0718. The number of hydrogen-bond donors (Lipinski definition) is 1. The van der Waals surface area contributed by atoms with Crippen LogP contribution >= 0.6 is 0 Å². The van der Waals surface area contributed by atoms with Crippen molar-refractivity contribution in [2.24, 2.45) is 0 Å². The van der Waals surface area contributed by atoms with Crippen LogP contribution in [0.5, 0.6) is 0 Å². The minimum Gasteiger partial charge on any atom is -0.376 e. The van der Waals surface area contributed by atoms with Gasteiger partial charge in [-0.2, -0.15) is 0 Å². The van der Waals surface area contributed by atoms with Gasteiger partial charge in [0.05, 0.1) is 19.8 Å². The van der Waals surface area contributed by atoms with Crippen molar-refractivity contribution >= 4 is 16.7 Å². The third-order valence-electron chi connectivity index (χ3n) is 3.02. The van der Waals surface area contributed by atoms with Gasteiger partial charge in [0, 0.05) is 22.7 Å². The summed E-state index contributed by atoms with van der Waals surface area (Å²) >= 11 is 0. The van der Waals surface area contributed by atoms with E-state index in [1.807, 2.05) is 0 Å². The maximum atomic E-state index is 13.1. The summed E-state index contributed by atoms with van der Waals surface area (Å²) in [7, 11) is 0. The topological polar surface area (TPSA) is 51.3 Å². The molecule has 1 fully saturated rings. The minimum absolute atomic E-state index is 0.132. The number of ketones is 1. The standard InChI is InChI=1S/C13H12FNO3/c14-8-1-2-9-10(6-15-11(9)5-8)13(16)12-7-17-3-4-18-12/h1-2,5-6,12,15H,3-4,7H2. The van der Waals surface area contributed by atoms with Crippen LogP contribution in [0, 0.1) is 5.82 Å². The molecule has 18 heavy (non-hydrogen) atoms. The average Bonchev–Trinajstić information content (AvgIpc) is 2.81. The zero-order chi connectivity index (χ0) is 12.5. The van der Waals surface area contributed by atoms with Gasteiger partial charge in [-0.1, -0.05) is 0 Å². The summed E-state index contributed by atoms with van der Waals surface area (Å²) in [6.45, 7) is 1.21. The number of ether oxygens (including phenoxy) is 2. The molecule has 0 saturated carbocycles. The Kier molecular flexibility index (Phi) is 2.85. The summed E-state index contributed by atoms with van der Waals surface area (Å²) in [5.41, 5.74) is 1.12. The number of benzene rings is 1. The first-order valence-electron chi connectivity index (χ1n) is 5.76. The fraction of sp³-hybridized carbons (Fsp3) is 0.308. The zero-order valence-corrected chi connectivity index (χ0v) is 9.61. The van der Waals surface area contributed by atoms with E-state index in [2.05, 4.69) is 4.98 Å². The van der Waals surface area contributed by atoms with Crippen molar-refractivity contribution in [3.63, 3.8) is 0 Å². The van der Waals surface area contributed by atoms with Gasteiger partial charge >= 0.3 is 0 Å². The van der Waals surface area contributed by atoms with E-state index in [9.17, 15) is 9.18 Å². The van der Waals surface area contributed by atoms with E-state index in [0.717, 1.165) is 0 Å². The number of fused-ring (bicyclic) bond motifs is 1. The van der Waals surface area contributed by atoms with E-state index in [0.29, 0.717) is 29.7 Å². The number of carbonyl (C=O) groups is 1. The Labute approximate surface area is 103 Å². The van der Waals surface area contributed by atoms with Crippen LogP contribution in [-0.4, -0.2) is 36.7 Å². The Balaban J connectivity index is 1.96. The van der Waals surface area contributed by atoms with E-state index in [-0.39, 0.29) is 18.2 Å². The molecule has 3 rings (SSSR count). The molecule has 1 atom stereocenters. The largest absolute Gasteiger partial charge is 0.376 e. The molecule has 1 aliphatic rings. The van der Waals surface area contributed by atoms with Crippen LogP contribution in [0.2, 0.25) is 0 Å². The highest BCUT2D eigenvalue weighted by Crippen LogP contribution is 2.21. The van der Waals surface area contributed by atoms with Gasteiger partial charge in [0.25, 0.3) is 0 Å². The molecule has 2 aromatic rings. The summed E-state index contributed by atoms with van der Waals surface area (Å²) in [5, 5.41) is 0.704. The van der Waals surface area contributed by atoms with Crippen molar-refractivity contribution in [2.45, 2.75) is 6.10 Å². The van der Waals surface area contributed by atoms with E-state index in [4.69, 9.17) is 9.47 Å². The molecule has 1 aromatic heterocycles. The van der Waals surface area contributed by atoms with Crippen LogP contribution in [-0.2, 0) is 9.47 Å². The first-order valence-corrected chi connectivity index (χ1v) is 5.76. The number of nitrogens with one attached hydrogen (secondary N) is 1. The molecular formula is C13H12FNO3. The Hall–Kier alpha value is -1.72. The van der Waals surface area contributed by atoms with Crippen LogP contribution in [0.3, 0.4) is 0 Å². The summed E-state index contributed by atoms with van der Waals surface area (Å²) in [5.74, 6) is -0.465. The van der Waals surface area contributed by atoms with Gasteiger partial charge < -0.3 is 14.5 Å². The van der Waals surface area contributed by atoms with Crippen molar-refractivity contribution in [3.8, 4) is 0 Å². The van der Waals surface area contributed by atoms with Gasteiger partial charge in [-0.15, -0.1) is 0 Å². The summed E-state index contributed by atoms with van der Waals surface area (Å²) in [4.78, 5) is 15.1. The first kappa shape index (κ1) is 11.4. The summed E-state index contributed by atoms with van der Waals surface area (Å²) in [6.07, 6.45) is 1.02. The summed E-state index contributed by atoms with van der Waals surface area (Å²) in [6, 6.07) is 4.30. The van der Waals surface area contributed by atoms with Crippen molar-refractivity contribution in [1.82, 2.24) is 4.98 Å². The number of aromatic nitrogens is 1. The van der Waals surface area contributed by atoms with Gasteiger partial charge in [-0.3, -0.25) is 4.79 Å². The molecule has 4 nitrogen and oxygen atoms in total. The van der Waals surface area contributed by atoms with Crippen molar-refractivity contribution in [1.29, 1.82) is 0 Å². The van der Waals surface area contributed by atoms with Gasteiger partial charge in [-0.25, -0.2) is 4.39 Å². The molecule has 0 bridgehead atoms. The highest BCUT2D eigenvalue weighted by molar-refractivity contribution is 6.10. The molecular weight excluding hydrogens is 237 g/mol. The quantitative estimate of drug-likeness (QED) is 0.827. The molecule has 0 spiro atoms. The maximum Gasteiger partial charge on any atom is 0.196 e. The number of aromatic amines is 1. The monoisotopic (exact) mass is 249 g/mol. The zero-order valence-electron chi connectivity index (χ0n) is 9.61. The smallest absolute Gasteiger partial charge is 0.196 e. The number of halogens is 1. The third kappa shape index (κ3) is 1.91. The van der Waals surface area contributed by atoms with Gasteiger partial charge in [-0.05, 0) is 18.2 Å². The van der Waals surface area contributed by atoms with Crippen LogP contribution in [0.1, 0.15) is 10.4 Å². The van der Waals surface area contributed by atoms with Crippen molar-refractivity contribution < 1.29 is 18.7 Å². The molecule has 1 aliphatic heterocycles. The second kappa shape index (κ2) is 4.51. The Morgan fingerprint density at radius 1 is 1.39 bits per heavy atom. The van der Waals surface area contributed by atoms with E-state index in [1.165, 1.54) is 12.1 Å². The van der Waals surface area contributed by atoms with Crippen LogP contribution < -0.4 is 0 Å². The normalized spacial score (nSPS) is 20.2. The van der Waals surface area contributed by atoms with Gasteiger partial charge in [0.15, 0.2) is 5.78 Å². The van der Waals surface area contributed by atoms with Crippen molar-refractivity contribution in [2.75, 3.05) is 19.8 Å². The lowest BCUT2D eigenvalue weighted by Gasteiger charge is -2.21. The number of H-pyrrole nitrogens is 1. The van der Waals surface area contributed by atoms with Crippen LogP contribution in [0.4, 0.5) is 4.39 Å². The number of carbonyl (C=O) groups excluding carboxylic acids is 1. The molecule has 0 amide bonds. The average molecular weight is 249 g/mol. The Bertz CT molecular complexity index is 587. The molecule has 94 valence electrons. The Morgan fingerprint density at radius 2 is 2.28 bits per heavy atom. The number of rotatable bonds is 2. The predicted octanol–water partition coefficient (Wildman–Crippen LogP) is 1.91. The molecule has 2 heterocycles. The van der Waals surface area contributed by atoms with E-state index >= 15 is 0 Å². The van der Waals surface area contributed by atoms with Gasteiger partial charge in [0.2, 0.25) is 0 Å². The Morgan fingerprint density at radius 3 is 3.06 bits per heavy atom. The fourth-order valence-electron chi connectivity index (χ4n) is 2.11.